The van der Waals surface area contributed by atoms with E-state index in [0.717, 1.165) is 54.7 Å². The maximum absolute atomic E-state index is 13.1. The van der Waals surface area contributed by atoms with Crippen molar-refractivity contribution in [1.82, 2.24) is 10.2 Å². The van der Waals surface area contributed by atoms with Gasteiger partial charge < -0.3 is 15.0 Å². The summed E-state index contributed by atoms with van der Waals surface area (Å²) in [6.07, 6.45) is 6.37. The van der Waals surface area contributed by atoms with Crippen LogP contribution in [-0.4, -0.2) is 50.2 Å². The van der Waals surface area contributed by atoms with E-state index in [2.05, 4.69) is 45.2 Å². The molecule has 1 amide bonds. The van der Waals surface area contributed by atoms with E-state index in [1.165, 1.54) is 25.9 Å². The van der Waals surface area contributed by atoms with Crippen LogP contribution < -0.4 is 5.32 Å². The quantitative estimate of drug-likeness (QED) is 0.653. The number of benzene rings is 1. The van der Waals surface area contributed by atoms with Crippen molar-refractivity contribution < 1.29 is 9.53 Å². The first-order chi connectivity index (χ1) is 13.1. The first-order valence-corrected chi connectivity index (χ1v) is 11.2. The molecule has 1 aromatic rings. The molecule has 0 bridgehead atoms. The summed E-state index contributed by atoms with van der Waals surface area (Å²) < 4.78 is 6.59. The maximum Gasteiger partial charge on any atom is 0.230 e. The third-order valence-electron chi connectivity index (χ3n) is 6.24. The van der Waals surface area contributed by atoms with E-state index in [0.29, 0.717) is 13.2 Å². The fourth-order valence-electron chi connectivity index (χ4n) is 4.25. The zero-order chi connectivity index (χ0) is 19.1. The minimum Gasteiger partial charge on any atom is -0.381 e. The smallest absolute Gasteiger partial charge is 0.230 e. The number of nitrogens with one attached hydrogen (secondary N) is 1. The van der Waals surface area contributed by atoms with Crippen LogP contribution in [0.2, 0.25) is 0 Å². The lowest BCUT2D eigenvalue weighted by Crippen LogP contribution is -2.48. The first-order valence-electron chi connectivity index (χ1n) is 10.4. The maximum atomic E-state index is 13.1. The fourth-order valence-corrected chi connectivity index (χ4v) is 4.52. The second kappa shape index (κ2) is 10.0. The van der Waals surface area contributed by atoms with Crippen molar-refractivity contribution in [3.8, 4) is 0 Å². The number of ether oxygens (including phenoxy) is 1. The van der Waals surface area contributed by atoms with Gasteiger partial charge in [-0.05, 0) is 81.8 Å². The highest BCUT2D eigenvalue weighted by Crippen LogP contribution is 2.35. The van der Waals surface area contributed by atoms with E-state index < -0.39 is 5.41 Å². The van der Waals surface area contributed by atoms with E-state index in [4.69, 9.17) is 4.74 Å². The number of carbonyl (C=O) groups is 1. The van der Waals surface area contributed by atoms with E-state index in [1.807, 2.05) is 12.1 Å². The van der Waals surface area contributed by atoms with Crippen LogP contribution in [0.5, 0.6) is 0 Å². The molecule has 3 rings (SSSR count). The summed E-state index contributed by atoms with van der Waals surface area (Å²) in [5.74, 6) is 1.05. The third-order valence-corrected chi connectivity index (χ3v) is 6.77. The lowest BCUT2D eigenvalue weighted by molar-refractivity contribution is -0.130. The largest absolute Gasteiger partial charge is 0.381 e. The Labute approximate surface area is 172 Å². The van der Waals surface area contributed by atoms with Crippen LogP contribution in [-0.2, 0) is 14.9 Å². The number of unbranched alkanes of at least 4 members (excludes halogenated alkanes) is 1. The Morgan fingerprint density at radius 3 is 2.52 bits per heavy atom. The average molecular weight is 437 g/mol. The van der Waals surface area contributed by atoms with Crippen LogP contribution in [0.1, 0.15) is 51.0 Å². The zero-order valence-corrected chi connectivity index (χ0v) is 18.1. The molecule has 0 saturated carbocycles. The monoisotopic (exact) mass is 436 g/mol. The van der Waals surface area contributed by atoms with E-state index >= 15 is 0 Å². The van der Waals surface area contributed by atoms with Gasteiger partial charge in [0.15, 0.2) is 0 Å². The Morgan fingerprint density at radius 2 is 1.85 bits per heavy atom. The number of rotatable bonds is 7. The van der Waals surface area contributed by atoms with Crippen molar-refractivity contribution in [2.45, 2.75) is 50.9 Å². The van der Waals surface area contributed by atoms with Crippen LogP contribution >= 0.6 is 15.9 Å². The highest BCUT2D eigenvalue weighted by molar-refractivity contribution is 9.10. The molecule has 0 spiro atoms. The lowest BCUT2D eigenvalue weighted by atomic mass is 9.73. The van der Waals surface area contributed by atoms with Crippen LogP contribution in [0.3, 0.4) is 0 Å². The first kappa shape index (κ1) is 20.8. The van der Waals surface area contributed by atoms with E-state index in [9.17, 15) is 4.79 Å². The summed E-state index contributed by atoms with van der Waals surface area (Å²) in [5, 5.41) is 3.23. The van der Waals surface area contributed by atoms with Gasteiger partial charge in [0.25, 0.3) is 0 Å². The molecule has 2 fully saturated rings. The van der Waals surface area contributed by atoms with Gasteiger partial charge in [0.1, 0.15) is 0 Å². The molecular formula is C22H33BrN2O2. The molecule has 1 N–H and O–H groups in total. The molecule has 27 heavy (non-hydrogen) atoms. The van der Waals surface area contributed by atoms with Gasteiger partial charge in [-0.2, -0.15) is 0 Å². The molecule has 1 aromatic carbocycles. The second-order valence-electron chi connectivity index (χ2n) is 8.19. The molecule has 4 nitrogen and oxygen atoms in total. The van der Waals surface area contributed by atoms with Gasteiger partial charge in [0.05, 0.1) is 5.41 Å². The minimum absolute atomic E-state index is 0.167. The Morgan fingerprint density at radius 1 is 1.19 bits per heavy atom. The van der Waals surface area contributed by atoms with Gasteiger partial charge in [-0.25, -0.2) is 0 Å². The molecule has 2 aliphatic heterocycles. The van der Waals surface area contributed by atoms with Gasteiger partial charge in [-0.15, -0.1) is 0 Å². The number of nitrogens with zero attached hydrogens (tertiary/aromatic N) is 1. The zero-order valence-electron chi connectivity index (χ0n) is 16.5. The van der Waals surface area contributed by atoms with Gasteiger partial charge in [0.2, 0.25) is 5.91 Å². The summed E-state index contributed by atoms with van der Waals surface area (Å²) in [6.45, 7) is 8.05. The SMILES string of the molecule is CC1CCN(CCCCNC(=O)C2(c3ccc(Br)cc3)CCOCC2)CC1. The molecule has 0 atom stereocenters. The van der Waals surface area contributed by atoms with Crippen LogP contribution in [0.15, 0.2) is 28.7 Å². The van der Waals surface area contributed by atoms with Crippen molar-refractivity contribution in [3.63, 3.8) is 0 Å². The highest BCUT2D eigenvalue weighted by Gasteiger charge is 2.41. The summed E-state index contributed by atoms with van der Waals surface area (Å²) in [4.78, 5) is 15.7. The van der Waals surface area contributed by atoms with Crippen LogP contribution in [0.25, 0.3) is 0 Å². The number of piperidine rings is 1. The Balaban J connectivity index is 1.47. The van der Waals surface area contributed by atoms with Crippen molar-refractivity contribution >= 4 is 21.8 Å². The van der Waals surface area contributed by atoms with E-state index in [-0.39, 0.29) is 5.91 Å². The van der Waals surface area contributed by atoms with Gasteiger partial charge in [0, 0.05) is 24.2 Å². The molecule has 2 heterocycles. The van der Waals surface area contributed by atoms with Crippen molar-refractivity contribution in [2.24, 2.45) is 5.92 Å². The molecular weight excluding hydrogens is 404 g/mol. The molecule has 0 unspecified atom stereocenters. The molecule has 0 radical (unpaired) electrons. The van der Waals surface area contributed by atoms with Gasteiger partial charge in [-0.1, -0.05) is 35.0 Å². The van der Waals surface area contributed by atoms with Crippen LogP contribution in [0, 0.1) is 5.92 Å². The normalized spacial score (nSPS) is 21.1. The molecule has 0 aliphatic carbocycles. The number of amides is 1. The molecule has 2 saturated heterocycles. The Kier molecular flexibility index (Phi) is 7.74. The standard InChI is InChI=1S/C22H33BrN2O2/c1-18-8-14-25(15-9-18)13-3-2-12-24-21(26)22(10-16-27-17-11-22)19-4-6-20(23)7-5-19/h4-7,18H,2-3,8-17H2,1H3,(H,24,26). The minimum atomic E-state index is -0.443. The van der Waals surface area contributed by atoms with Gasteiger partial charge >= 0.3 is 0 Å². The summed E-state index contributed by atoms with van der Waals surface area (Å²) in [7, 11) is 0. The van der Waals surface area contributed by atoms with Crippen molar-refractivity contribution in [1.29, 1.82) is 0 Å². The average Bonchev–Trinajstić information content (AvgIpc) is 2.70. The molecule has 2 aliphatic rings. The molecule has 150 valence electrons. The van der Waals surface area contributed by atoms with E-state index in [1.54, 1.807) is 0 Å². The number of halogens is 1. The topological polar surface area (TPSA) is 41.6 Å². The predicted molar refractivity (Wildman–Crippen MR) is 113 cm³/mol. The Hall–Kier alpha value is -0.910. The molecule has 5 heteroatoms. The van der Waals surface area contributed by atoms with Crippen molar-refractivity contribution in [2.75, 3.05) is 39.4 Å². The third kappa shape index (κ3) is 5.55. The summed E-state index contributed by atoms with van der Waals surface area (Å²) >= 11 is 3.49. The predicted octanol–water partition coefficient (Wildman–Crippen LogP) is 4.13. The number of hydrogen-bond donors (Lipinski definition) is 1. The number of likely N-dealkylation sites (tertiary alicyclic amines) is 1. The lowest BCUT2D eigenvalue weighted by Gasteiger charge is -2.36. The summed E-state index contributed by atoms with van der Waals surface area (Å²) in [5.41, 5.74) is 0.663. The second-order valence-corrected chi connectivity index (χ2v) is 9.10. The number of carbonyl (C=O) groups excluding carboxylic acids is 1. The molecule has 0 aromatic heterocycles. The Bertz CT molecular complexity index is 591. The van der Waals surface area contributed by atoms with Crippen molar-refractivity contribution in [3.05, 3.63) is 34.3 Å². The van der Waals surface area contributed by atoms with Gasteiger partial charge in [-0.3, -0.25) is 4.79 Å². The summed E-state index contributed by atoms with van der Waals surface area (Å²) in [6, 6.07) is 8.21. The number of hydrogen-bond acceptors (Lipinski definition) is 3. The van der Waals surface area contributed by atoms with Crippen LogP contribution in [0.4, 0.5) is 0 Å². The fraction of sp³-hybridized carbons (Fsp3) is 0.682. The highest BCUT2D eigenvalue weighted by atomic mass is 79.9.